The average molecular weight is 460 g/mol. The summed E-state index contributed by atoms with van der Waals surface area (Å²) in [6.07, 6.45) is 3.51. The number of amides is 1. The quantitative estimate of drug-likeness (QED) is 0.336. The molecule has 138 valence electrons. The number of carbonyl (C=O) groups is 1. The molecule has 2 saturated heterocycles. The Morgan fingerprint density at radius 3 is 2.60 bits per heavy atom. The minimum Gasteiger partial charge on any atom is -0.370 e. The van der Waals surface area contributed by atoms with E-state index in [-0.39, 0.29) is 29.9 Å². The predicted octanol–water partition coefficient (Wildman–Crippen LogP) is -1.04. The molecule has 0 unspecified atom stereocenters. The molecule has 1 aromatic heterocycles. The first-order chi connectivity index (χ1) is 11.7. The second-order valence-corrected chi connectivity index (χ2v) is 5.89. The number of piperazine rings is 2. The van der Waals surface area contributed by atoms with E-state index in [1.165, 1.54) is 0 Å². The Morgan fingerprint density at radius 2 is 1.92 bits per heavy atom. The normalized spacial score (nSPS) is 19.4. The minimum absolute atomic E-state index is 0. The molecule has 2 aliphatic heterocycles. The van der Waals surface area contributed by atoms with Gasteiger partial charge < -0.3 is 20.9 Å². The predicted molar refractivity (Wildman–Crippen MR) is 107 cm³/mol. The highest BCUT2D eigenvalue weighted by atomic mass is 127. The summed E-state index contributed by atoms with van der Waals surface area (Å²) < 4.78 is 0. The molecule has 1 amide bonds. The van der Waals surface area contributed by atoms with Gasteiger partial charge in [-0.1, -0.05) is 0 Å². The van der Waals surface area contributed by atoms with Crippen LogP contribution in [0.5, 0.6) is 0 Å². The number of hydrogen-bond acceptors (Lipinski definition) is 6. The number of anilines is 1. The van der Waals surface area contributed by atoms with Crippen LogP contribution in [0.25, 0.3) is 0 Å². The number of guanidine groups is 1. The molecular weight excluding hydrogens is 435 g/mol. The Balaban J connectivity index is 0.00000225. The molecule has 0 atom stereocenters. The lowest BCUT2D eigenvalue weighted by Crippen LogP contribution is -2.52. The maximum atomic E-state index is 11.3. The van der Waals surface area contributed by atoms with E-state index in [9.17, 15) is 4.79 Å². The van der Waals surface area contributed by atoms with Gasteiger partial charge in [0.1, 0.15) is 0 Å². The zero-order valence-corrected chi connectivity index (χ0v) is 16.5. The maximum Gasteiger partial charge on any atom is 0.234 e. The largest absolute Gasteiger partial charge is 0.370 e. The first kappa shape index (κ1) is 19.6. The van der Waals surface area contributed by atoms with Crippen LogP contribution in [0, 0.1) is 0 Å². The van der Waals surface area contributed by atoms with Crippen molar-refractivity contribution >= 4 is 41.8 Å². The zero-order valence-electron chi connectivity index (χ0n) is 14.2. The van der Waals surface area contributed by atoms with Gasteiger partial charge in [-0.2, -0.15) is 0 Å². The van der Waals surface area contributed by atoms with Crippen molar-refractivity contribution < 1.29 is 4.79 Å². The number of aromatic nitrogens is 2. The summed E-state index contributed by atoms with van der Waals surface area (Å²) in [7, 11) is 0. The molecule has 10 heteroatoms. The number of rotatable bonds is 4. The van der Waals surface area contributed by atoms with Crippen molar-refractivity contribution in [2.75, 3.05) is 63.8 Å². The highest BCUT2D eigenvalue weighted by Gasteiger charge is 2.20. The molecule has 0 spiro atoms. The van der Waals surface area contributed by atoms with Crippen molar-refractivity contribution in [3.8, 4) is 0 Å². The van der Waals surface area contributed by atoms with Crippen LogP contribution in [0.15, 0.2) is 23.5 Å². The van der Waals surface area contributed by atoms with E-state index in [1.54, 1.807) is 12.4 Å². The summed E-state index contributed by atoms with van der Waals surface area (Å²) >= 11 is 0. The summed E-state index contributed by atoms with van der Waals surface area (Å²) in [4.78, 5) is 30.7. The highest BCUT2D eigenvalue weighted by molar-refractivity contribution is 14.0. The summed E-state index contributed by atoms with van der Waals surface area (Å²) in [5.41, 5.74) is 6.10. The fourth-order valence-corrected chi connectivity index (χ4v) is 2.88. The number of nitrogens with two attached hydrogens (primary N) is 1. The van der Waals surface area contributed by atoms with E-state index < -0.39 is 0 Å². The SMILES string of the molecule is I.NC(=NCCN1CCNC(=O)C1)N1CCN(c2ncccn2)CC1. The van der Waals surface area contributed by atoms with Crippen LogP contribution in [0.1, 0.15) is 0 Å². The van der Waals surface area contributed by atoms with Crippen molar-refractivity contribution in [2.45, 2.75) is 0 Å². The zero-order chi connectivity index (χ0) is 16.8. The van der Waals surface area contributed by atoms with Crippen LogP contribution >= 0.6 is 24.0 Å². The summed E-state index contributed by atoms with van der Waals surface area (Å²) in [6, 6.07) is 1.82. The molecule has 0 saturated carbocycles. The van der Waals surface area contributed by atoms with Crippen LogP contribution in [0.2, 0.25) is 0 Å². The van der Waals surface area contributed by atoms with Gasteiger partial charge in [0, 0.05) is 58.2 Å². The van der Waals surface area contributed by atoms with Gasteiger partial charge in [0.15, 0.2) is 5.96 Å². The first-order valence-electron chi connectivity index (χ1n) is 8.28. The highest BCUT2D eigenvalue weighted by Crippen LogP contribution is 2.09. The molecule has 25 heavy (non-hydrogen) atoms. The minimum atomic E-state index is 0. The first-order valence-corrected chi connectivity index (χ1v) is 8.28. The lowest BCUT2D eigenvalue weighted by atomic mass is 10.3. The number of aliphatic imine (C=N–C) groups is 1. The third kappa shape index (κ3) is 5.66. The van der Waals surface area contributed by atoms with Gasteiger partial charge in [-0.25, -0.2) is 9.97 Å². The number of hydrogen-bond donors (Lipinski definition) is 2. The molecule has 3 rings (SSSR count). The summed E-state index contributed by atoms with van der Waals surface area (Å²) in [6.45, 7) is 6.66. The second kappa shape index (κ2) is 9.70. The van der Waals surface area contributed by atoms with Crippen LogP contribution in [0.4, 0.5) is 5.95 Å². The fourth-order valence-electron chi connectivity index (χ4n) is 2.88. The van der Waals surface area contributed by atoms with Crippen LogP contribution in [-0.2, 0) is 4.79 Å². The summed E-state index contributed by atoms with van der Waals surface area (Å²) in [5, 5.41) is 2.82. The monoisotopic (exact) mass is 460 g/mol. The van der Waals surface area contributed by atoms with Crippen molar-refractivity contribution in [1.29, 1.82) is 0 Å². The molecule has 9 nitrogen and oxygen atoms in total. The Hall–Kier alpha value is -1.69. The molecule has 0 bridgehead atoms. The average Bonchev–Trinajstić information content (AvgIpc) is 2.63. The third-order valence-electron chi connectivity index (χ3n) is 4.25. The number of nitrogens with zero attached hydrogens (tertiary/aromatic N) is 6. The number of nitrogens with one attached hydrogen (secondary N) is 1. The molecule has 0 radical (unpaired) electrons. The van der Waals surface area contributed by atoms with E-state index in [0.717, 1.165) is 45.2 Å². The van der Waals surface area contributed by atoms with Gasteiger partial charge in [-0.05, 0) is 6.07 Å². The molecule has 2 aliphatic rings. The van der Waals surface area contributed by atoms with Gasteiger partial charge in [-0.15, -0.1) is 24.0 Å². The standard InChI is InChI=1S/C15H24N8O.HI/c16-14(18-5-7-21-6-4-17-13(24)12-21)22-8-10-23(11-9-22)15-19-2-1-3-20-15;/h1-3H,4-12H2,(H2,16,18)(H,17,24);1H. The van der Waals surface area contributed by atoms with E-state index in [0.29, 0.717) is 25.6 Å². The van der Waals surface area contributed by atoms with Crippen molar-refractivity contribution in [3.05, 3.63) is 18.5 Å². The molecule has 0 aliphatic carbocycles. The Labute approximate surface area is 164 Å². The molecule has 1 aromatic rings. The van der Waals surface area contributed by atoms with Crippen molar-refractivity contribution in [3.63, 3.8) is 0 Å². The van der Waals surface area contributed by atoms with Gasteiger partial charge in [0.05, 0.1) is 13.1 Å². The van der Waals surface area contributed by atoms with Crippen LogP contribution < -0.4 is 16.0 Å². The van der Waals surface area contributed by atoms with E-state index in [1.807, 2.05) is 6.07 Å². The Kier molecular flexibility index (Phi) is 7.62. The van der Waals surface area contributed by atoms with Gasteiger partial charge in [0.2, 0.25) is 11.9 Å². The molecule has 3 heterocycles. The molecule has 2 fully saturated rings. The number of carbonyl (C=O) groups excluding carboxylic acids is 1. The molecular formula is C15H25IN8O. The van der Waals surface area contributed by atoms with Gasteiger partial charge in [0.25, 0.3) is 0 Å². The van der Waals surface area contributed by atoms with Crippen LogP contribution in [-0.4, -0.2) is 90.5 Å². The van der Waals surface area contributed by atoms with E-state index in [4.69, 9.17) is 5.73 Å². The van der Waals surface area contributed by atoms with Gasteiger partial charge in [-0.3, -0.25) is 14.7 Å². The fraction of sp³-hybridized carbons (Fsp3) is 0.600. The van der Waals surface area contributed by atoms with Crippen LogP contribution in [0.3, 0.4) is 0 Å². The number of halogens is 1. The van der Waals surface area contributed by atoms with E-state index >= 15 is 0 Å². The smallest absolute Gasteiger partial charge is 0.234 e. The van der Waals surface area contributed by atoms with Crippen molar-refractivity contribution in [1.82, 2.24) is 25.1 Å². The lowest BCUT2D eigenvalue weighted by molar-refractivity contribution is -0.124. The molecule has 3 N–H and O–H groups in total. The van der Waals surface area contributed by atoms with Gasteiger partial charge >= 0.3 is 0 Å². The summed E-state index contributed by atoms with van der Waals surface area (Å²) in [5.74, 6) is 1.42. The second-order valence-electron chi connectivity index (χ2n) is 5.89. The third-order valence-corrected chi connectivity index (χ3v) is 4.25. The van der Waals surface area contributed by atoms with Crippen molar-refractivity contribution in [2.24, 2.45) is 10.7 Å². The maximum absolute atomic E-state index is 11.3. The topological polar surface area (TPSA) is 103 Å². The lowest BCUT2D eigenvalue weighted by Gasteiger charge is -2.35. The molecule has 0 aromatic carbocycles. The Morgan fingerprint density at radius 1 is 1.20 bits per heavy atom. The van der Waals surface area contributed by atoms with E-state index in [2.05, 4.69) is 35.0 Å². The Bertz CT molecular complexity index is 576.